The molecular weight excluding hydrogens is 361 g/mol. The molecule has 132 valence electrons. The predicted molar refractivity (Wildman–Crippen MR) is 83.9 cm³/mol. The zero-order valence-corrected chi connectivity index (χ0v) is 13.9. The molecule has 0 atom stereocenters. The summed E-state index contributed by atoms with van der Waals surface area (Å²) in [6, 6.07) is 4.01. The SMILES string of the molecule is COc1nc2nc(C)[nH]c2nc1Cc1ccc(OC(F)(F)F)c(Cl)c1. The van der Waals surface area contributed by atoms with Crippen LogP contribution in [0, 0.1) is 6.92 Å². The second-order valence-electron chi connectivity index (χ2n) is 5.16. The monoisotopic (exact) mass is 372 g/mol. The molecule has 1 N–H and O–H groups in total. The molecule has 0 unspecified atom stereocenters. The number of nitrogens with one attached hydrogen (secondary N) is 1. The van der Waals surface area contributed by atoms with Crippen LogP contribution in [-0.4, -0.2) is 33.4 Å². The molecular formula is C15H12ClF3N4O2. The summed E-state index contributed by atoms with van der Waals surface area (Å²) < 4.78 is 45.9. The number of methoxy groups -OCH3 is 1. The van der Waals surface area contributed by atoms with Gasteiger partial charge in [-0.25, -0.2) is 9.97 Å². The summed E-state index contributed by atoms with van der Waals surface area (Å²) in [5, 5.41) is -0.153. The average molecular weight is 373 g/mol. The average Bonchev–Trinajstić information content (AvgIpc) is 2.87. The quantitative estimate of drug-likeness (QED) is 0.753. The fourth-order valence-electron chi connectivity index (χ4n) is 2.30. The first-order valence-corrected chi connectivity index (χ1v) is 7.44. The van der Waals surface area contributed by atoms with E-state index < -0.39 is 12.1 Å². The summed E-state index contributed by atoms with van der Waals surface area (Å²) in [5.74, 6) is 0.479. The van der Waals surface area contributed by atoms with Gasteiger partial charge in [-0.2, -0.15) is 4.98 Å². The van der Waals surface area contributed by atoms with Crippen LogP contribution < -0.4 is 9.47 Å². The number of hydrogen-bond donors (Lipinski definition) is 1. The maximum absolute atomic E-state index is 12.3. The lowest BCUT2D eigenvalue weighted by Crippen LogP contribution is -2.17. The summed E-state index contributed by atoms with van der Waals surface area (Å²) in [4.78, 5) is 15.8. The minimum absolute atomic E-state index is 0.153. The number of H-pyrrole nitrogens is 1. The van der Waals surface area contributed by atoms with Gasteiger partial charge in [-0.1, -0.05) is 17.7 Å². The molecule has 0 saturated carbocycles. The lowest BCUT2D eigenvalue weighted by Gasteiger charge is -2.11. The Bertz CT molecular complexity index is 927. The number of nitrogens with zero attached hydrogens (tertiary/aromatic N) is 3. The zero-order chi connectivity index (χ0) is 18.2. The molecule has 0 fully saturated rings. The molecule has 0 amide bonds. The Morgan fingerprint density at radius 1 is 1.20 bits per heavy atom. The van der Waals surface area contributed by atoms with Crippen LogP contribution in [0.1, 0.15) is 17.1 Å². The van der Waals surface area contributed by atoms with Crippen LogP contribution in [0.25, 0.3) is 11.3 Å². The van der Waals surface area contributed by atoms with E-state index in [1.165, 1.54) is 19.2 Å². The minimum atomic E-state index is -4.80. The van der Waals surface area contributed by atoms with Gasteiger partial charge in [-0.15, -0.1) is 13.2 Å². The highest BCUT2D eigenvalue weighted by Crippen LogP contribution is 2.31. The van der Waals surface area contributed by atoms with E-state index in [4.69, 9.17) is 16.3 Å². The summed E-state index contributed by atoms with van der Waals surface area (Å²) >= 11 is 5.87. The van der Waals surface area contributed by atoms with E-state index in [1.54, 1.807) is 6.92 Å². The molecule has 3 aromatic rings. The molecule has 0 aliphatic rings. The van der Waals surface area contributed by atoms with Gasteiger partial charge in [0.15, 0.2) is 5.65 Å². The van der Waals surface area contributed by atoms with Crippen molar-refractivity contribution in [3.05, 3.63) is 40.3 Å². The maximum atomic E-state index is 12.3. The largest absolute Gasteiger partial charge is 0.573 e. The van der Waals surface area contributed by atoms with Crippen molar-refractivity contribution in [3.63, 3.8) is 0 Å². The smallest absolute Gasteiger partial charge is 0.480 e. The summed E-state index contributed by atoms with van der Waals surface area (Å²) in [5.41, 5.74) is 2.04. The van der Waals surface area contributed by atoms with Crippen molar-refractivity contribution in [2.24, 2.45) is 0 Å². The van der Waals surface area contributed by atoms with Gasteiger partial charge in [-0.05, 0) is 24.6 Å². The van der Waals surface area contributed by atoms with E-state index in [0.717, 1.165) is 6.07 Å². The minimum Gasteiger partial charge on any atom is -0.480 e. The van der Waals surface area contributed by atoms with E-state index in [1.807, 2.05) is 0 Å². The molecule has 6 nitrogen and oxygen atoms in total. The number of fused-ring (bicyclic) bond motifs is 1. The van der Waals surface area contributed by atoms with Crippen LogP contribution >= 0.6 is 11.6 Å². The van der Waals surface area contributed by atoms with Gasteiger partial charge in [-0.3, -0.25) is 0 Å². The van der Waals surface area contributed by atoms with Crippen molar-refractivity contribution >= 4 is 22.9 Å². The molecule has 0 spiro atoms. The number of hydrogen-bond acceptors (Lipinski definition) is 5. The summed E-state index contributed by atoms with van der Waals surface area (Å²) in [6.45, 7) is 1.77. The Hall–Kier alpha value is -2.55. The highest BCUT2D eigenvalue weighted by molar-refractivity contribution is 6.32. The second-order valence-corrected chi connectivity index (χ2v) is 5.57. The molecule has 2 aromatic heterocycles. The van der Waals surface area contributed by atoms with Gasteiger partial charge in [0.1, 0.15) is 17.3 Å². The molecule has 0 bridgehead atoms. The van der Waals surface area contributed by atoms with Gasteiger partial charge in [0.2, 0.25) is 11.5 Å². The number of imidazole rings is 1. The fourth-order valence-corrected chi connectivity index (χ4v) is 2.54. The number of halogens is 4. The normalized spacial score (nSPS) is 11.8. The summed E-state index contributed by atoms with van der Waals surface area (Å²) in [7, 11) is 1.45. The molecule has 0 saturated heterocycles. The van der Waals surface area contributed by atoms with Crippen molar-refractivity contribution < 1.29 is 22.6 Å². The Morgan fingerprint density at radius 3 is 2.60 bits per heavy atom. The highest BCUT2D eigenvalue weighted by Gasteiger charge is 2.32. The van der Waals surface area contributed by atoms with Crippen molar-refractivity contribution in [1.29, 1.82) is 0 Å². The number of alkyl halides is 3. The van der Waals surface area contributed by atoms with Crippen molar-refractivity contribution in [2.75, 3.05) is 7.11 Å². The number of benzene rings is 1. The molecule has 3 rings (SSSR count). The first-order chi connectivity index (χ1) is 11.7. The third kappa shape index (κ3) is 3.93. The van der Waals surface area contributed by atoms with Crippen molar-refractivity contribution in [3.8, 4) is 11.6 Å². The number of rotatable bonds is 4. The molecule has 0 radical (unpaired) electrons. The third-order valence-electron chi connectivity index (χ3n) is 3.27. The van der Waals surface area contributed by atoms with Crippen LogP contribution in [-0.2, 0) is 6.42 Å². The van der Waals surface area contributed by atoms with Crippen molar-refractivity contribution in [2.45, 2.75) is 19.7 Å². The van der Waals surface area contributed by atoms with Crippen LogP contribution in [0.4, 0.5) is 13.2 Å². The molecule has 25 heavy (non-hydrogen) atoms. The fraction of sp³-hybridized carbons (Fsp3) is 0.267. The van der Waals surface area contributed by atoms with Crippen LogP contribution in [0.5, 0.6) is 11.6 Å². The Kier molecular flexibility index (Phi) is 4.42. The standard InChI is InChI=1S/C15H12ClF3N4O2/c1-7-20-12-13(21-7)23-14(24-2)10(22-12)6-8-3-4-11(9(16)5-8)25-15(17,18)19/h3-5H,6H2,1-2H3,(H,20,21,22,23). The van der Waals surface area contributed by atoms with Crippen LogP contribution in [0.3, 0.4) is 0 Å². The molecule has 0 aliphatic heterocycles. The number of aromatic nitrogens is 4. The van der Waals surface area contributed by atoms with Crippen LogP contribution in [0.15, 0.2) is 18.2 Å². The Labute approximate surface area is 145 Å². The lowest BCUT2D eigenvalue weighted by molar-refractivity contribution is -0.274. The number of aromatic amines is 1. The van der Waals surface area contributed by atoms with Crippen molar-refractivity contribution in [1.82, 2.24) is 19.9 Å². The predicted octanol–water partition coefficient (Wildman–Crippen LogP) is 3.81. The zero-order valence-electron chi connectivity index (χ0n) is 13.1. The van der Waals surface area contributed by atoms with E-state index in [9.17, 15) is 13.2 Å². The van der Waals surface area contributed by atoms with E-state index in [0.29, 0.717) is 28.4 Å². The van der Waals surface area contributed by atoms with E-state index in [2.05, 4.69) is 24.7 Å². The molecule has 2 heterocycles. The van der Waals surface area contributed by atoms with Gasteiger partial charge < -0.3 is 14.5 Å². The number of ether oxygens (including phenoxy) is 2. The number of aryl methyl sites for hydroxylation is 1. The van der Waals surface area contributed by atoms with Gasteiger partial charge >= 0.3 is 6.36 Å². The molecule has 1 aromatic carbocycles. The lowest BCUT2D eigenvalue weighted by atomic mass is 10.1. The Balaban J connectivity index is 1.91. The topological polar surface area (TPSA) is 72.9 Å². The van der Waals surface area contributed by atoms with Gasteiger partial charge in [0, 0.05) is 6.42 Å². The first-order valence-electron chi connectivity index (χ1n) is 7.06. The maximum Gasteiger partial charge on any atom is 0.573 e. The first kappa shape index (κ1) is 17.3. The van der Waals surface area contributed by atoms with E-state index >= 15 is 0 Å². The molecule has 0 aliphatic carbocycles. The summed E-state index contributed by atoms with van der Waals surface area (Å²) in [6.07, 6.45) is -4.54. The third-order valence-corrected chi connectivity index (χ3v) is 3.57. The highest BCUT2D eigenvalue weighted by atomic mass is 35.5. The van der Waals surface area contributed by atoms with Gasteiger partial charge in [0.05, 0.1) is 12.1 Å². The molecule has 10 heteroatoms. The second kappa shape index (κ2) is 6.40. The van der Waals surface area contributed by atoms with Crippen LogP contribution in [0.2, 0.25) is 5.02 Å². The Morgan fingerprint density at radius 2 is 1.96 bits per heavy atom. The van der Waals surface area contributed by atoms with E-state index in [-0.39, 0.29) is 17.3 Å². The van der Waals surface area contributed by atoms with Gasteiger partial charge in [0.25, 0.3) is 0 Å².